The highest BCUT2D eigenvalue weighted by Gasteiger charge is 2.19. The molecular formula is C16H15Br2NO2. The molecule has 3 nitrogen and oxygen atoms in total. The molecule has 0 saturated carbocycles. The summed E-state index contributed by atoms with van der Waals surface area (Å²) in [6, 6.07) is 11.6. The van der Waals surface area contributed by atoms with Crippen LogP contribution in [0.4, 0.5) is 0 Å². The van der Waals surface area contributed by atoms with Crippen molar-refractivity contribution < 1.29 is 9.47 Å². The van der Waals surface area contributed by atoms with E-state index < -0.39 is 0 Å². The van der Waals surface area contributed by atoms with Gasteiger partial charge in [0.05, 0.1) is 19.3 Å². The fourth-order valence-electron chi connectivity index (χ4n) is 2.33. The van der Waals surface area contributed by atoms with Gasteiger partial charge in [-0.2, -0.15) is 0 Å². The van der Waals surface area contributed by atoms with Crippen molar-refractivity contribution in [2.24, 2.45) is 5.73 Å². The van der Waals surface area contributed by atoms with E-state index in [0.29, 0.717) is 13.2 Å². The maximum absolute atomic E-state index is 6.43. The van der Waals surface area contributed by atoms with E-state index in [1.807, 2.05) is 36.4 Å². The lowest BCUT2D eigenvalue weighted by Gasteiger charge is -2.18. The maximum atomic E-state index is 6.43. The van der Waals surface area contributed by atoms with E-state index in [2.05, 4.69) is 31.9 Å². The van der Waals surface area contributed by atoms with Crippen LogP contribution in [0.15, 0.2) is 45.3 Å². The maximum Gasteiger partial charge on any atom is 0.162 e. The molecule has 0 fully saturated rings. The van der Waals surface area contributed by atoms with Crippen molar-refractivity contribution in [1.29, 1.82) is 0 Å². The standard InChI is InChI=1S/C16H15Br2NO2/c17-12-5-2-1-4-10(12)16(19)11-8-14-15(9-13(11)18)21-7-3-6-20-14/h1-2,4-5,8-9,16H,3,6-7,19H2. The van der Waals surface area contributed by atoms with E-state index in [1.54, 1.807) is 0 Å². The SMILES string of the molecule is NC(c1ccccc1Br)c1cc2c(cc1Br)OCCCO2. The van der Waals surface area contributed by atoms with Gasteiger partial charge in [-0.15, -0.1) is 0 Å². The molecule has 0 amide bonds. The van der Waals surface area contributed by atoms with Gasteiger partial charge in [-0.3, -0.25) is 0 Å². The normalized spacial score (nSPS) is 15.4. The molecule has 0 saturated heterocycles. The second-order valence-corrected chi connectivity index (χ2v) is 6.58. The fourth-order valence-corrected chi connectivity index (χ4v) is 3.43. The second kappa shape index (κ2) is 6.38. The molecule has 2 aromatic carbocycles. The summed E-state index contributed by atoms with van der Waals surface area (Å²) >= 11 is 7.15. The fraction of sp³-hybridized carbons (Fsp3) is 0.250. The summed E-state index contributed by atoms with van der Waals surface area (Å²) in [5, 5.41) is 0. The van der Waals surface area contributed by atoms with Crippen LogP contribution in [-0.4, -0.2) is 13.2 Å². The first-order chi connectivity index (χ1) is 10.2. The Morgan fingerprint density at radius 3 is 2.29 bits per heavy atom. The number of hydrogen-bond donors (Lipinski definition) is 1. The number of benzene rings is 2. The highest BCUT2D eigenvalue weighted by atomic mass is 79.9. The number of nitrogens with two attached hydrogens (primary N) is 1. The van der Waals surface area contributed by atoms with Gasteiger partial charge in [-0.05, 0) is 29.3 Å². The Balaban J connectivity index is 2.02. The Labute approximate surface area is 140 Å². The topological polar surface area (TPSA) is 44.5 Å². The van der Waals surface area contributed by atoms with E-state index >= 15 is 0 Å². The number of rotatable bonds is 2. The number of halogens is 2. The molecule has 1 unspecified atom stereocenters. The minimum atomic E-state index is -0.243. The zero-order valence-corrected chi connectivity index (χ0v) is 14.5. The number of fused-ring (bicyclic) bond motifs is 1. The van der Waals surface area contributed by atoms with E-state index in [4.69, 9.17) is 15.2 Å². The molecule has 1 aliphatic rings. The van der Waals surface area contributed by atoms with E-state index in [9.17, 15) is 0 Å². The third kappa shape index (κ3) is 3.10. The van der Waals surface area contributed by atoms with Crippen LogP contribution in [0.1, 0.15) is 23.6 Å². The minimum absolute atomic E-state index is 0.243. The van der Waals surface area contributed by atoms with Crippen molar-refractivity contribution in [3.8, 4) is 11.5 Å². The Morgan fingerprint density at radius 2 is 1.57 bits per heavy atom. The molecule has 1 heterocycles. The molecular weight excluding hydrogens is 398 g/mol. The van der Waals surface area contributed by atoms with Gasteiger partial charge in [0.25, 0.3) is 0 Å². The van der Waals surface area contributed by atoms with Crippen molar-refractivity contribution in [2.75, 3.05) is 13.2 Å². The van der Waals surface area contributed by atoms with Gasteiger partial charge in [-0.1, -0.05) is 50.1 Å². The first-order valence-electron chi connectivity index (χ1n) is 6.76. The Morgan fingerprint density at radius 1 is 0.905 bits per heavy atom. The first kappa shape index (κ1) is 14.9. The Bertz CT molecular complexity index is 661. The summed E-state index contributed by atoms with van der Waals surface area (Å²) in [4.78, 5) is 0. The molecule has 0 radical (unpaired) electrons. The van der Waals surface area contributed by atoms with Gasteiger partial charge >= 0.3 is 0 Å². The summed E-state index contributed by atoms with van der Waals surface area (Å²) < 4.78 is 13.4. The van der Waals surface area contributed by atoms with E-state index in [-0.39, 0.29) is 6.04 Å². The molecule has 0 aromatic heterocycles. The molecule has 3 rings (SSSR count). The quantitative estimate of drug-likeness (QED) is 0.793. The average molecular weight is 413 g/mol. The zero-order chi connectivity index (χ0) is 14.8. The molecule has 0 bridgehead atoms. The van der Waals surface area contributed by atoms with Crippen LogP contribution >= 0.6 is 31.9 Å². The molecule has 2 aromatic rings. The van der Waals surface area contributed by atoms with Crippen molar-refractivity contribution >= 4 is 31.9 Å². The largest absolute Gasteiger partial charge is 0.490 e. The van der Waals surface area contributed by atoms with Crippen LogP contribution in [0.5, 0.6) is 11.5 Å². The molecule has 21 heavy (non-hydrogen) atoms. The van der Waals surface area contributed by atoms with Crippen molar-refractivity contribution in [3.05, 3.63) is 56.5 Å². The second-order valence-electron chi connectivity index (χ2n) is 4.87. The van der Waals surface area contributed by atoms with Gasteiger partial charge in [0.15, 0.2) is 11.5 Å². The van der Waals surface area contributed by atoms with Crippen LogP contribution in [0.2, 0.25) is 0 Å². The highest BCUT2D eigenvalue weighted by Crippen LogP contribution is 2.39. The average Bonchev–Trinajstić information content (AvgIpc) is 2.71. The summed E-state index contributed by atoms with van der Waals surface area (Å²) in [6.07, 6.45) is 0.887. The highest BCUT2D eigenvalue weighted by molar-refractivity contribution is 9.10. The predicted octanol–water partition coefficient (Wildman–Crippen LogP) is 4.42. The lowest BCUT2D eigenvalue weighted by molar-refractivity contribution is 0.297. The molecule has 1 atom stereocenters. The van der Waals surface area contributed by atoms with Gasteiger partial charge < -0.3 is 15.2 Å². The van der Waals surface area contributed by atoms with Crippen molar-refractivity contribution in [3.63, 3.8) is 0 Å². The van der Waals surface area contributed by atoms with Gasteiger partial charge in [0, 0.05) is 15.4 Å². The van der Waals surface area contributed by atoms with Crippen LogP contribution < -0.4 is 15.2 Å². The lowest BCUT2D eigenvalue weighted by Crippen LogP contribution is -2.13. The third-order valence-electron chi connectivity index (χ3n) is 3.44. The summed E-state index contributed by atoms with van der Waals surface area (Å²) in [7, 11) is 0. The van der Waals surface area contributed by atoms with Crippen molar-refractivity contribution in [2.45, 2.75) is 12.5 Å². The van der Waals surface area contributed by atoms with Crippen LogP contribution in [0, 0.1) is 0 Å². The van der Waals surface area contributed by atoms with Gasteiger partial charge in [0.1, 0.15) is 0 Å². The molecule has 2 N–H and O–H groups in total. The Hall–Kier alpha value is -1.04. The number of ether oxygens (including phenoxy) is 2. The summed E-state index contributed by atoms with van der Waals surface area (Å²) in [5.41, 5.74) is 8.45. The van der Waals surface area contributed by atoms with Crippen molar-refractivity contribution in [1.82, 2.24) is 0 Å². The molecule has 0 spiro atoms. The third-order valence-corrected chi connectivity index (χ3v) is 4.85. The van der Waals surface area contributed by atoms with Crippen LogP contribution in [0.25, 0.3) is 0 Å². The summed E-state index contributed by atoms with van der Waals surface area (Å²) in [5.74, 6) is 1.52. The molecule has 0 aliphatic carbocycles. The van der Waals surface area contributed by atoms with Crippen LogP contribution in [0.3, 0.4) is 0 Å². The van der Waals surface area contributed by atoms with Gasteiger partial charge in [-0.25, -0.2) is 0 Å². The van der Waals surface area contributed by atoms with E-state index in [1.165, 1.54) is 0 Å². The Kier molecular flexibility index (Phi) is 4.52. The molecule has 1 aliphatic heterocycles. The molecule has 110 valence electrons. The zero-order valence-electron chi connectivity index (χ0n) is 11.3. The van der Waals surface area contributed by atoms with Crippen LogP contribution in [-0.2, 0) is 0 Å². The predicted molar refractivity (Wildman–Crippen MR) is 89.9 cm³/mol. The van der Waals surface area contributed by atoms with E-state index in [0.717, 1.165) is 38.0 Å². The first-order valence-corrected chi connectivity index (χ1v) is 8.34. The lowest BCUT2D eigenvalue weighted by atomic mass is 9.99. The molecule has 5 heteroatoms. The minimum Gasteiger partial charge on any atom is -0.490 e. The number of hydrogen-bond acceptors (Lipinski definition) is 3. The monoisotopic (exact) mass is 411 g/mol. The smallest absolute Gasteiger partial charge is 0.162 e. The summed E-state index contributed by atoms with van der Waals surface area (Å²) in [6.45, 7) is 1.34. The van der Waals surface area contributed by atoms with Gasteiger partial charge in [0.2, 0.25) is 0 Å².